The Bertz CT molecular complexity index is 500. The molecule has 1 atom stereocenters. The standard InChI is InChI=1S/C15H19NO4/c17-13-6-2-1-5-12(13)14(18)7-9-16-8-3-4-11(16)10-15(19)20/h1-2,5-6,11,17H,3-4,7-10H2,(H,19,20). The van der Waals surface area contributed by atoms with Gasteiger partial charge in [-0.15, -0.1) is 0 Å². The van der Waals surface area contributed by atoms with Gasteiger partial charge < -0.3 is 10.2 Å². The Balaban J connectivity index is 1.90. The van der Waals surface area contributed by atoms with E-state index >= 15 is 0 Å². The highest BCUT2D eigenvalue weighted by atomic mass is 16.4. The van der Waals surface area contributed by atoms with E-state index < -0.39 is 5.97 Å². The predicted octanol–water partition coefficient (Wildman–Crippen LogP) is 1.90. The second-order valence-electron chi connectivity index (χ2n) is 5.12. The van der Waals surface area contributed by atoms with Crippen molar-refractivity contribution in [3.63, 3.8) is 0 Å². The number of ketones is 1. The van der Waals surface area contributed by atoms with Gasteiger partial charge in [0.1, 0.15) is 5.75 Å². The molecule has 1 aliphatic heterocycles. The Morgan fingerprint density at radius 2 is 2.05 bits per heavy atom. The molecule has 2 N–H and O–H groups in total. The quantitative estimate of drug-likeness (QED) is 0.777. The molecule has 1 aromatic rings. The molecule has 1 heterocycles. The molecule has 0 bridgehead atoms. The third kappa shape index (κ3) is 3.57. The van der Waals surface area contributed by atoms with E-state index in [2.05, 4.69) is 4.90 Å². The predicted molar refractivity (Wildman–Crippen MR) is 73.9 cm³/mol. The van der Waals surface area contributed by atoms with E-state index in [0.717, 1.165) is 19.4 Å². The van der Waals surface area contributed by atoms with E-state index in [0.29, 0.717) is 18.5 Å². The van der Waals surface area contributed by atoms with Crippen molar-refractivity contribution in [3.05, 3.63) is 29.8 Å². The Kier molecular flexibility index (Phi) is 4.74. The molecule has 1 unspecified atom stereocenters. The molecule has 0 aliphatic carbocycles. The molecular formula is C15H19NO4. The lowest BCUT2D eigenvalue weighted by Gasteiger charge is -2.22. The largest absolute Gasteiger partial charge is 0.507 e. The van der Waals surface area contributed by atoms with Gasteiger partial charge in [-0.05, 0) is 31.5 Å². The Morgan fingerprint density at radius 3 is 2.75 bits per heavy atom. The summed E-state index contributed by atoms with van der Waals surface area (Å²) in [5.41, 5.74) is 0.335. The van der Waals surface area contributed by atoms with Crippen LogP contribution in [0.2, 0.25) is 0 Å². The maximum atomic E-state index is 12.0. The molecule has 2 rings (SSSR count). The fourth-order valence-electron chi connectivity index (χ4n) is 2.71. The van der Waals surface area contributed by atoms with E-state index in [-0.39, 0.29) is 24.0 Å². The fraction of sp³-hybridized carbons (Fsp3) is 0.467. The summed E-state index contributed by atoms with van der Waals surface area (Å²) in [6, 6.07) is 6.53. The van der Waals surface area contributed by atoms with Crippen molar-refractivity contribution < 1.29 is 19.8 Å². The van der Waals surface area contributed by atoms with E-state index in [1.807, 2.05) is 0 Å². The molecule has 1 aliphatic rings. The van der Waals surface area contributed by atoms with Crippen molar-refractivity contribution in [1.82, 2.24) is 4.90 Å². The lowest BCUT2D eigenvalue weighted by atomic mass is 10.1. The van der Waals surface area contributed by atoms with Crippen LogP contribution in [0.3, 0.4) is 0 Å². The molecule has 5 heteroatoms. The van der Waals surface area contributed by atoms with E-state index in [1.165, 1.54) is 6.07 Å². The van der Waals surface area contributed by atoms with Crippen LogP contribution in [0, 0.1) is 0 Å². The van der Waals surface area contributed by atoms with Crippen molar-refractivity contribution in [1.29, 1.82) is 0 Å². The minimum Gasteiger partial charge on any atom is -0.507 e. The number of carbonyl (C=O) groups is 2. The Labute approximate surface area is 117 Å². The first kappa shape index (κ1) is 14.5. The summed E-state index contributed by atoms with van der Waals surface area (Å²) in [6.45, 7) is 1.39. The number of hydrogen-bond donors (Lipinski definition) is 2. The van der Waals surface area contributed by atoms with Gasteiger partial charge in [-0.3, -0.25) is 14.5 Å². The lowest BCUT2D eigenvalue weighted by Crippen LogP contribution is -2.33. The zero-order valence-corrected chi connectivity index (χ0v) is 11.3. The minimum absolute atomic E-state index is 0.000933. The number of hydrogen-bond acceptors (Lipinski definition) is 4. The number of likely N-dealkylation sites (tertiary alicyclic amines) is 1. The van der Waals surface area contributed by atoms with Gasteiger partial charge in [0.25, 0.3) is 0 Å². The highest BCUT2D eigenvalue weighted by Crippen LogP contribution is 2.22. The van der Waals surface area contributed by atoms with Crippen LogP contribution in [0.1, 0.15) is 36.0 Å². The van der Waals surface area contributed by atoms with Gasteiger partial charge in [-0.25, -0.2) is 0 Å². The molecule has 1 aromatic carbocycles. The average Bonchev–Trinajstić information content (AvgIpc) is 2.83. The molecule has 0 amide bonds. The molecular weight excluding hydrogens is 258 g/mol. The molecule has 20 heavy (non-hydrogen) atoms. The van der Waals surface area contributed by atoms with Gasteiger partial charge >= 0.3 is 5.97 Å². The number of benzene rings is 1. The van der Waals surface area contributed by atoms with Crippen LogP contribution >= 0.6 is 0 Å². The van der Waals surface area contributed by atoms with Gasteiger partial charge in [-0.2, -0.15) is 0 Å². The minimum atomic E-state index is -0.797. The fourth-order valence-corrected chi connectivity index (χ4v) is 2.71. The number of rotatable bonds is 6. The first-order valence-corrected chi connectivity index (χ1v) is 6.85. The number of para-hydroxylation sites is 1. The lowest BCUT2D eigenvalue weighted by molar-refractivity contribution is -0.138. The summed E-state index contributed by atoms with van der Waals surface area (Å²) in [5, 5.41) is 18.5. The molecule has 0 saturated carbocycles. The summed E-state index contributed by atoms with van der Waals surface area (Å²) in [7, 11) is 0. The molecule has 0 radical (unpaired) electrons. The first-order valence-electron chi connectivity index (χ1n) is 6.85. The van der Waals surface area contributed by atoms with Crippen molar-refractivity contribution >= 4 is 11.8 Å². The number of phenolic OH excluding ortho intramolecular Hbond substituents is 1. The summed E-state index contributed by atoms with van der Waals surface area (Å²) in [4.78, 5) is 24.9. The second kappa shape index (κ2) is 6.52. The van der Waals surface area contributed by atoms with Crippen LogP contribution < -0.4 is 0 Å². The number of carboxylic acids is 1. The smallest absolute Gasteiger partial charge is 0.304 e. The zero-order valence-electron chi connectivity index (χ0n) is 11.3. The Hall–Kier alpha value is -1.88. The monoisotopic (exact) mass is 277 g/mol. The van der Waals surface area contributed by atoms with Gasteiger partial charge in [-0.1, -0.05) is 12.1 Å². The molecule has 108 valence electrons. The summed E-state index contributed by atoms with van der Waals surface area (Å²) in [5.74, 6) is -0.904. The molecule has 0 aromatic heterocycles. The highest BCUT2D eigenvalue weighted by Gasteiger charge is 2.26. The van der Waals surface area contributed by atoms with E-state index in [1.54, 1.807) is 18.2 Å². The maximum absolute atomic E-state index is 12.0. The van der Waals surface area contributed by atoms with E-state index in [9.17, 15) is 14.7 Å². The summed E-state index contributed by atoms with van der Waals surface area (Å²) >= 11 is 0. The second-order valence-corrected chi connectivity index (χ2v) is 5.12. The topological polar surface area (TPSA) is 77.8 Å². The summed E-state index contributed by atoms with van der Waals surface area (Å²) in [6.07, 6.45) is 2.28. The number of Topliss-reactive ketones (excluding diaryl/α,β-unsaturated/α-hetero) is 1. The highest BCUT2D eigenvalue weighted by molar-refractivity contribution is 5.98. The number of phenols is 1. The third-order valence-electron chi connectivity index (χ3n) is 3.74. The SMILES string of the molecule is O=C(O)CC1CCCN1CCC(=O)c1ccccc1O. The van der Waals surface area contributed by atoms with Crippen LogP contribution in [-0.2, 0) is 4.79 Å². The number of aromatic hydroxyl groups is 1. The number of carboxylic acid groups (broad SMARTS) is 1. The normalized spacial score (nSPS) is 19.1. The number of aliphatic carboxylic acids is 1. The number of carbonyl (C=O) groups excluding carboxylic acids is 1. The first-order chi connectivity index (χ1) is 9.58. The van der Waals surface area contributed by atoms with Crippen LogP contribution in [0.4, 0.5) is 0 Å². The summed E-state index contributed by atoms with van der Waals surface area (Å²) < 4.78 is 0. The van der Waals surface area contributed by atoms with E-state index in [4.69, 9.17) is 5.11 Å². The van der Waals surface area contributed by atoms with Crippen LogP contribution in [0.5, 0.6) is 5.75 Å². The van der Waals surface area contributed by atoms with Gasteiger partial charge in [0.15, 0.2) is 5.78 Å². The van der Waals surface area contributed by atoms with Crippen LogP contribution in [-0.4, -0.2) is 46.0 Å². The molecule has 1 fully saturated rings. The van der Waals surface area contributed by atoms with Crippen molar-refractivity contribution in [3.8, 4) is 5.75 Å². The molecule has 0 spiro atoms. The Morgan fingerprint density at radius 1 is 1.30 bits per heavy atom. The van der Waals surface area contributed by atoms with Gasteiger partial charge in [0, 0.05) is 19.0 Å². The van der Waals surface area contributed by atoms with Crippen molar-refractivity contribution in [2.75, 3.05) is 13.1 Å². The number of nitrogens with zero attached hydrogens (tertiary/aromatic N) is 1. The van der Waals surface area contributed by atoms with Gasteiger partial charge in [0.05, 0.1) is 12.0 Å². The average molecular weight is 277 g/mol. The van der Waals surface area contributed by atoms with Crippen molar-refractivity contribution in [2.45, 2.75) is 31.7 Å². The third-order valence-corrected chi connectivity index (χ3v) is 3.74. The maximum Gasteiger partial charge on any atom is 0.304 e. The zero-order chi connectivity index (χ0) is 14.5. The van der Waals surface area contributed by atoms with Crippen LogP contribution in [0.15, 0.2) is 24.3 Å². The molecule has 5 nitrogen and oxygen atoms in total. The van der Waals surface area contributed by atoms with Crippen LogP contribution in [0.25, 0.3) is 0 Å². The van der Waals surface area contributed by atoms with Gasteiger partial charge in [0.2, 0.25) is 0 Å². The molecule has 1 saturated heterocycles. The van der Waals surface area contributed by atoms with Crippen molar-refractivity contribution in [2.24, 2.45) is 0 Å².